The number of aliphatic hydroxyl groups is 1. The zero-order valence-corrected chi connectivity index (χ0v) is 12.4. The average molecular weight is 285 g/mol. The van der Waals surface area contributed by atoms with Crippen molar-refractivity contribution < 1.29 is 13.5 Å². The molecule has 1 atom stereocenters. The highest BCUT2D eigenvalue weighted by molar-refractivity contribution is 7.89. The molecular formula is C14H23NO3S. The van der Waals surface area contributed by atoms with Crippen LogP contribution in [0.1, 0.15) is 25.8 Å². The van der Waals surface area contributed by atoms with Crippen molar-refractivity contribution in [3.05, 3.63) is 35.9 Å². The van der Waals surface area contributed by atoms with E-state index in [9.17, 15) is 13.5 Å². The summed E-state index contributed by atoms with van der Waals surface area (Å²) in [6, 6.07) is 9.53. The molecule has 4 nitrogen and oxygen atoms in total. The summed E-state index contributed by atoms with van der Waals surface area (Å²) in [6.07, 6.45) is 0.383. The van der Waals surface area contributed by atoms with Crippen LogP contribution in [0.15, 0.2) is 30.3 Å². The molecule has 1 aromatic carbocycles. The standard InChI is InChI=1S/C14H23NO3S/c1-12(2)8-9-19(17,18)15-11-14(16)10-13-6-4-3-5-7-13/h3-7,12,14-16H,8-11H2,1-2H3. The molecule has 0 aliphatic carbocycles. The molecule has 1 aromatic rings. The van der Waals surface area contributed by atoms with E-state index < -0.39 is 16.1 Å². The molecule has 0 radical (unpaired) electrons. The molecule has 0 saturated heterocycles. The van der Waals surface area contributed by atoms with Crippen molar-refractivity contribution in [2.75, 3.05) is 12.3 Å². The van der Waals surface area contributed by atoms with Gasteiger partial charge in [-0.25, -0.2) is 13.1 Å². The molecule has 0 aliphatic heterocycles. The Balaban J connectivity index is 2.35. The minimum Gasteiger partial charge on any atom is -0.391 e. The highest BCUT2D eigenvalue weighted by Gasteiger charge is 2.13. The Hall–Kier alpha value is -0.910. The zero-order chi connectivity index (χ0) is 14.3. The Labute approximate surface area is 115 Å². The molecule has 0 saturated carbocycles. The number of benzene rings is 1. The van der Waals surface area contributed by atoms with Gasteiger partial charge in [-0.3, -0.25) is 0 Å². The molecule has 0 aromatic heterocycles. The molecule has 5 heteroatoms. The van der Waals surface area contributed by atoms with Crippen LogP contribution in [0.2, 0.25) is 0 Å². The zero-order valence-electron chi connectivity index (χ0n) is 11.5. The number of sulfonamides is 1. The average Bonchev–Trinajstić information content (AvgIpc) is 2.36. The molecule has 1 rings (SSSR count). The van der Waals surface area contributed by atoms with E-state index in [1.807, 2.05) is 44.2 Å². The van der Waals surface area contributed by atoms with Gasteiger partial charge in [0.15, 0.2) is 0 Å². The van der Waals surface area contributed by atoms with Crippen LogP contribution in [-0.4, -0.2) is 31.9 Å². The van der Waals surface area contributed by atoms with Crippen LogP contribution >= 0.6 is 0 Å². The first kappa shape index (κ1) is 16.1. The van der Waals surface area contributed by atoms with E-state index in [2.05, 4.69) is 4.72 Å². The predicted molar refractivity (Wildman–Crippen MR) is 77.4 cm³/mol. The van der Waals surface area contributed by atoms with Gasteiger partial charge >= 0.3 is 0 Å². The lowest BCUT2D eigenvalue weighted by molar-refractivity contribution is 0.179. The molecule has 0 fully saturated rings. The number of aliphatic hydroxyl groups excluding tert-OH is 1. The Kier molecular flexibility index (Phi) is 6.48. The van der Waals surface area contributed by atoms with Gasteiger partial charge in [-0.15, -0.1) is 0 Å². The molecule has 0 bridgehead atoms. The van der Waals surface area contributed by atoms with Gasteiger partial charge in [0.05, 0.1) is 11.9 Å². The first-order valence-corrected chi connectivity index (χ1v) is 8.23. The van der Waals surface area contributed by atoms with Gasteiger partial charge in [0.2, 0.25) is 10.0 Å². The molecular weight excluding hydrogens is 262 g/mol. The second-order valence-corrected chi connectivity index (χ2v) is 7.12. The molecule has 2 N–H and O–H groups in total. The summed E-state index contributed by atoms with van der Waals surface area (Å²) in [5.41, 5.74) is 0.997. The van der Waals surface area contributed by atoms with Crippen LogP contribution in [0.25, 0.3) is 0 Å². The maximum atomic E-state index is 11.7. The number of nitrogens with one attached hydrogen (secondary N) is 1. The molecule has 1 unspecified atom stereocenters. The van der Waals surface area contributed by atoms with Gasteiger partial charge in [-0.1, -0.05) is 44.2 Å². The van der Waals surface area contributed by atoms with Crippen molar-refractivity contribution in [1.29, 1.82) is 0 Å². The third kappa shape index (κ3) is 7.30. The SMILES string of the molecule is CC(C)CCS(=O)(=O)NCC(O)Cc1ccccc1. The van der Waals surface area contributed by atoms with Gasteiger partial charge in [0.1, 0.15) is 0 Å². The van der Waals surface area contributed by atoms with Gasteiger partial charge in [0.25, 0.3) is 0 Å². The Morgan fingerprint density at radius 3 is 2.42 bits per heavy atom. The summed E-state index contributed by atoms with van der Waals surface area (Å²) < 4.78 is 25.8. The van der Waals surface area contributed by atoms with Crippen molar-refractivity contribution in [2.24, 2.45) is 5.92 Å². The Morgan fingerprint density at radius 2 is 1.84 bits per heavy atom. The minimum absolute atomic E-state index is 0.0648. The van der Waals surface area contributed by atoms with Crippen LogP contribution in [-0.2, 0) is 16.4 Å². The predicted octanol–water partition coefficient (Wildman–Crippen LogP) is 1.56. The van der Waals surface area contributed by atoms with Gasteiger partial charge < -0.3 is 5.11 Å². The fraction of sp³-hybridized carbons (Fsp3) is 0.571. The van der Waals surface area contributed by atoms with E-state index in [1.165, 1.54) is 0 Å². The second-order valence-electron chi connectivity index (χ2n) is 5.19. The van der Waals surface area contributed by atoms with Crippen molar-refractivity contribution in [1.82, 2.24) is 4.72 Å². The van der Waals surface area contributed by atoms with E-state index in [0.29, 0.717) is 18.8 Å². The second kappa shape index (κ2) is 7.62. The molecule has 0 heterocycles. The van der Waals surface area contributed by atoms with Crippen molar-refractivity contribution in [3.8, 4) is 0 Å². The van der Waals surface area contributed by atoms with Crippen molar-refractivity contribution in [3.63, 3.8) is 0 Å². The van der Waals surface area contributed by atoms with Gasteiger partial charge in [-0.2, -0.15) is 0 Å². The van der Waals surface area contributed by atoms with E-state index >= 15 is 0 Å². The number of hydrogen-bond acceptors (Lipinski definition) is 3. The lowest BCUT2D eigenvalue weighted by Crippen LogP contribution is -2.35. The largest absolute Gasteiger partial charge is 0.391 e. The van der Waals surface area contributed by atoms with Crippen molar-refractivity contribution >= 4 is 10.0 Å². The fourth-order valence-corrected chi connectivity index (χ4v) is 3.02. The molecule has 0 spiro atoms. The molecule has 0 aliphatic rings. The summed E-state index contributed by atoms with van der Waals surface area (Å²) in [5, 5.41) is 9.82. The van der Waals surface area contributed by atoms with Crippen LogP contribution in [0, 0.1) is 5.92 Å². The normalized spacial score (nSPS) is 13.7. The summed E-state index contributed by atoms with van der Waals surface area (Å²) in [6.45, 7) is 4.04. The van der Waals surface area contributed by atoms with E-state index in [0.717, 1.165) is 5.56 Å². The topological polar surface area (TPSA) is 66.4 Å². The molecule has 19 heavy (non-hydrogen) atoms. The number of hydrogen-bond donors (Lipinski definition) is 2. The van der Waals surface area contributed by atoms with E-state index in [4.69, 9.17) is 0 Å². The van der Waals surface area contributed by atoms with Gasteiger partial charge in [-0.05, 0) is 24.3 Å². The maximum absolute atomic E-state index is 11.7. The van der Waals surface area contributed by atoms with E-state index in [-0.39, 0.29) is 12.3 Å². The first-order valence-electron chi connectivity index (χ1n) is 6.58. The summed E-state index contributed by atoms with van der Waals surface area (Å²) in [7, 11) is -3.27. The lowest BCUT2D eigenvalue weighted by Gasteiger charge is -2.13. The monoisotopic (exact) mass is 285 g/mol. The quantitative estimate of drug-likeness (QED) is 0.761. The highest BCUT2D eigenvalue weighted by Crippen LogP contribution is 2.04. The smallest absolute Gasteiger partial charge is 0.211 e. The minimum atomic E-state index is -3.27. The van der Waals surface area contributed by atoms with Crippen LogP contribution < -0.4 is 4.72 Å². The third-order valence-corrected chi connectivity index (χ3v) is 4.20. The third-order valence-electron chi connectivity index (χ3n) is 2.82. The molecule has 108 valence electrons. The Bertz CT molecular complexity index is 457. The summed E-state index contributed by atoms with van der Waals surface area (Å²) in [5.74, 6) is 0.466. The summed E-state index contributed by atoms with van der Waals surface area (Å²) >= 11 is 0. The van der Waals surface area contributed by atoms with Crippen molar-refractivity contribution in [2.45, 2.75) is 32.8 Å². The Morgan fingerprint density at radius 1 is 1.21 bits per heavy atom. The first-order chi connectivity index (χ1) is 8.89. The van der Waals surface area contributed by atoms with Crippen LogP contribution in [0.4, 0.5) is 0 Å². The van der Waals surface area contributed by atoms with E-state index in [1.54, 1.807) is 0 Å². The highest BCUT2D eigenvalue weighted by atomic mass is 32.2. The summed E-state index contributed by atoms with van der Waals surface area (Å²) in [4.78, 5) is 0. The molecule has 0 amide bonds. The van der Waals surface area contributed by atoms with Gasteiger partial charge in [0, 0.05) is 6.54 Å². The lowest BCUT2D eigenvalue weighted by atomic mass is 10.1. The van der Waals surface area contributed by atoms with Crippen LogP contribution in [0.5, 0.6) is 0 Å². The number of rotatable bonds is 8. The maximum Gasteiger partial charge on any atom is 0.211 e. The van der Waals surface area contributed by atoms with Crippen LogP contribution in [0.3, 0.4) is 0 Å². The fourth-order valence-electron chi connectivity index (χ4n) is 1.64.